The highest BCUT2D eigenvalue weighted by Gasteiger charge is 2.31. The molecule has 4 aromatic rings. The van der Waals surface area contributed by atoms with E-state index in [1.165, 1.54) is 11.3 Å². The number of para-hydroxylation sites is 1. The van der Waals surface area contributed by atoms with E-state index >= 15 is 0 Å². The van der Waals surface area contributed by atoms with Gasteiger partial charge in [0, 0.05) is 19.3 Å². The summed E-state index contributed by atoms with van der Waals surface area (Å²) in [5.74, 6) is 0.474. The van der Waals surface area contributed by atoms with E-state index in [1.807, 2.05) is 12.1 Å². The Hall–Kier alpha value is -4.12. The Bertz CT molecular complexity index is 1450. The fourth-order valence-electron chi connectivity index (χ4n) is 4.01. The summed E-state index contributed by atoms with van der Waals surface area (Å²) in [4.78, 5) is 36.3. The highest BCUT2D eigenvalue weighted by Crippen LogP contribution is 2.29. The van der Waals surface area contributed by atoms with Crippen molar-refractivity contribution >= 4 is 46.1 Å². The van der Waals surface area contributed by atoms with Crippen molar-refractivity contribution in [2.45, 2.75) is 51.4 Å². The van der Waals surface area contributed by atoms with Gasteiger partial charge in [0.15, 0.2) is 17.6 Å². The molecule has 1 unspecified atom stereocenters. The lowest BCUT2D eigenvalue weighted by Gasteiger charge is -2.32. The topological polar surface area (TPSA) is 134 Å². The normalized spacial score (nSPS) is 17.6. The van der Waals surface area contributed by atoms with E-state index < -0.39 is 17.8 Å². The van der Waals surface area contributed by atoms with Crippen LogP contribution in [0.1, 0.15) is 44.0 Å². The molecule has 0 aliphatic heterocycles. The van der Waals surface area contributed by atoms with E-state index in [0.717, 1.165) is 0 Å². The first kappa shape index (κ1) is 23.6. The Morgan fingerprint density at radius 2 is 2.06 bits per heavy atom. The molecular formula is C25H28N6O5. The summed E-state index contributed by atoms with van der Waals surface area (Å²) in [5.41, 5.74) is 1.84. The van der Waals surface area contributed by atoms with E-state index in [-0.39, 0.29) is 11.9 Å². The van der Waals surface area contributed by atoms with Gasteiger partial charge >= 0.3 is 6.09 Å². The second-order valence-corrected chi connectivity index (χ2v) is 9.82. The SMILES string of the molecule is CN(C(=O)OC(C)(C)C)c1cc(Nc2cccc3ocnc23)nc2c(C(=O)NC3CC[C@H]3O)ccn12. The molecule has 3 aromatic heterocycles. The molecule has 3 N–H and O–H groups in total. The molecule has 1 aromatic carbocycles. The number of amides is 2. The van der Waals surface area contributed by atoms with E-state index in [0.29, 0.717) is 52.5 Å². The van der Waals surface area contributed by atoms with Crippen molar-refractivity contribution in [2.75, 3.05) is 17.3 Å². The number of hydrogen-bond acceptors (Lipinski definition) is 8. The number of aliphatic hydroxyl groups excluding tert-OH is 1. The maximum absolute atomic E-state index is 13.1. The third-order valence-electron chi connectivity index (χ3n) is 6.03. The van der Waals surface area contributed by atoms with Crippen molar-refractivity contribution in [2.24, 2.45) is 0 Å². The van der Waals surface area contributed by atoms with Gasteiger partial charge in [0.25, 0.3) is 5.91 Å². The third-order valence-corrected chi connectivity index (χ3v) is 6.03. The van der Waals surface area contributed by atoms with E-state index in [1.54, 1.807) is 56.6 Å². The smallest absolute Gasteiger partial charge is 0.415 e. The Labute approximate surface area is 207 Å². The zero-order chi connectivity index (χ0) is 25.6. The highest BCUT2D eigenvalue weighted by molar-refractivity contribution is 6.01. The van der Waals surface area contributed by atoms with Crippen LogP contribution in [0.2, 0.25) is 0 Å². The average molecular weight is 493 g/mol. The molecule has 2 atom stereocenters. The van der Waals surface area contributed by atoms with Gasteiger partial charge < -0.3 is 24.9 Å². The van der Waals surface area contributed by atoms with Gasteiger partial charge in [-0.1, -0.05) is 6.07 Å². The number of carbonyl (C=O) groups is 2. The molecule has 0 bridgehead atoms. The first-order valence-electron chi connectivity index (χ1n) is 11.7. The Kier molecular flexibility index (Phi) is 5.79. The predicted octanol–water partition coefficient (Wildman–Crippen LogP) is 3.84. The summed E-state index contributed by atoms with van der Waals surface area (Å²) in [6.07, 6.45) is 3.30. The van der Waals surface area contributed by atoms with Crippen molar-refractivity contribution in [3.05, 3.63) is 48.5 Å². The van der Waals surface area contributed by atoms with Crippen molar-refractivity contribution in [3.63, 3.8) is 0 Å². The summed E-state index contributed by atoms with van der Waals surface area (Å²) in [6.45, 7) is 5.37. The number of aliphatic hydroxyl groups is 1. The quantitative estimate of drug-likeness (QED) is 0.383. The summed E-state index contributed by atoms with van der Waals surface area (Å²) in [6, 6.07) is 8.49. The van der Waals surface area contributed by atoms with Gasteiger partial charge in [-0.2, -0.15) is 0 Å². The minimum absolute atomic E-state index is 0.289. The maximum Gasteiger partial charge on any atom is 0.415 e. The van der Waals surface area contributed by atoms with Crippen LogP contribution in [-0.4, -0.2) is 56.3 Å². The molecular weight excluding hydrogens is 464 g/mol. The van der Waals surface area contributed by atoms with Crippen LogP contribution < -0.4 is 15.5 Å². The maximum atomic E-state index is 13.1. The molecule has 1 aliphatic rings. The van der Waals surface area contributed by atoms with Crippen molar-refractivity contribution in [1.82, 2.24) is 19.7 Å². The lowest BCUT2D eigenvalue weighted by atomic mass is 9.89. The molecule has 1 aliphatic carbocycles. The van der Waals surface area contributed by atoms with Gasteiger partial charge in [-0.25, -0.2) is 14.8 Å². The zero-order valence-corrected chi connectivity index (χ0v) is 20.5. The number of nitrogens with zero attached hydrogens (tertiary/aromatic N) is 4. The summed E-state index contributed by atoms with van der Waals surface area (Å²) in [7, 11) is 1.59. The molecule has 0 saturated heterocycles. The Morgan fingerprint density at radius 1 is 1.25 bits per heavy atom. The van der Waals surface area contributed by atoms with Crippen LogP contribution in [-0.2, 0) is 4.74 Å². The number of rotatable bonds is 5. The van der Waals surface area contributed by atoms with Gasteiger partial charge in [0.1, 0.15) is 22.8 Å². The van der Waals surface area contributed by atoms with Crippen LogP contribution in [0.5, 0.6) is 0 Å². The second kappa shape index (κ2) is 8.83. The lowest BCUT2D eigenvalue weighted by molar-refractivity contribution is 0.0448. The van der Waals surface area contributed by atoms with Crippen molar-refractivity contribution in [1.29, 1.82) is 0 Å². The van der Waals surface area contributed by atoms with Crippen molar-refractivity contribution < 1.29 is 23.8 Å². The van der Waals surface area contributed by atoms with E-state index in [9.17, 15) is 14.7 Å². The number of carbonyl (C=O) groups excluding carboxylic acids is 2. The number of oxazole rings is 1. The van der Waals surface area contributed by atoms with Crippen molar-refractivity contribution in [3.8, 4) is 0 Å². The number of benzene rings is 1. The minimum Gasteiger partial charge on any atom is -0.443 e. The second-order valence-electron chi connectivity index (χ2n) is 9.82. The predicted molar refractivity (Wildman–Crippen MR) is 134 cm³/mol. The average Bonchev–Trinajstić information content (AvgIpc) is 3.47. The number of fused-ring (bicyclic) bond motifs is 2. The summed E-state index contributed by atoms with van der Waals surface area (Å²) >= 11 is 0. The number of hydrogen-bond donors (Lipinski definition) is 3. The highest BCUT2D eigenvalue weighted by atomic mass is 16.6. The molecule has 188 valence electrons. The van der Waals surface area contributed by atoms with Gasteiger partial charge in [0.05, 0.1) is 23.4 Å². The monoisotopic (exact) mass is 492 g/mol. The molecule has 1 fully saturated rings. The van der Waals surface area contributed by atoms with Crippen LogP contribution in [0.15, 0.2) is 47.3 Å². The van der Waals surface area contributed by atoms with Gasteiger partial charge in [0.2, 0.25) is 0 Å². The van der Waals surface area contributed by atoms with Crippen LogP contribution in [0, 0.1) is 0 Å². The Morgan fingerprint density at radius 3 is 2.75 bits per heavy atom. The number of aromatic nitrogens is 3. The molecule has 11 nitrogen and oxygen atoms in total. The fraction of sp³-hybridized carbons (Fsp3) is 0.360. The van der Waals surface area contributed by atoms with Crippen LogP contribution in [0.3, 0.4) is 0 Å². The molecule has 0 radical (unpaired) electrons. The molecule has 3 heterocycles. The molecule has 5 rings (SSSR count). The number of ether oxygens (including phenoxy) is 1. The molecule has 2 amide bonds. The summed E-state index contributed by atoms with van der Waals surface area (Å²) < 4.78 is 12.6. The van der Waals surface area contributed by atoms with E-state index in [4.69, 9.17) is 9.15 Å². The first-order valence-corrected chi connectivity index (χ1v) is 11.7. The minimum atomic E-state index is -0.688. The first-order chi connectivity index (χ1) is 17.1. The van der Waals surface area contributed by atoms with Gasteiger partial charge in [-0.15, -0.1) is 0 Å². The summed E-state index contributed by atoms with van der Waals surface area (Å²) in [5, 5.41) is 16.0. The fourth-order valence-corrected chi connectivity index (χ4v) is 4.01. The van der Waals surface area contributed by atoms with Crippen LogP contribution in [0.25, 0.3) is 16.7 Å². The van der Waals surface area contributed by atoms with Crippen LogP contribution in [0.4, 0.5) is 22.1 Å². The zero-order valence-electron chi connectivity index (χ0n) is 20.5. The lowest BCUT2D eigenvalue weighted by Crippen LogP contribution is -2.50. The van der Waals surface area contributed by atoms with Crippen LogP contribution >= 0.6 is 0 Å². The molecule has 11 heteroatoms. The molecule has 36 heavy (non-hydrogen) atoms. The number of anilines is 3. The number of nitrogens with one attached hydrogen (secondary N) is 2. The largest absolute Gasteiger partial charge is 0.443 e. The molecule has 1 saturated carbocycles. The van der Waals surface area contributed by atoms with Gasteiger partial charge in [-0.3, -0.25) is 14.1 Å². The Balaban J connectivity index is 1.57. The van der Waals surface area contributed by atoms with Gasteiger partial charge in [-0.05, 0) is 51.8 Å². The molecule has 0 spiro atoms. The van der Waals surface area contributed by atoms with E-state index in [2.05, 4.69) is 20.6 Å². The third kappa shape index (κ3) is 4.44. The standard InChI is InChI=1S/C25H28N6O5/c1-25(2,3)36-24(34)30(4)20-12-19(27-16-6-5-7-18-21(16)26-13-35-18)29-22-14(10-11-31(20)22)23(33)28-15-8-9-17(15)32/h5-7,10-13,15,17,32H,8-9H2,1-4H3,(H,27,29)(H,28,33)/t15?,17-/m1/s1.